The number of nitrogens with zero attached hydrogens (tertiary/aromatic N) is 3. The van der Waals surface area contributed by atoms with Crippen molar-refractivity contribution in [2.24, 2.45) is 0 Å². The minimum absolute atomic E-state index is 0.307. The average molecular weight is 222 g/mol. The molecule has 16 heavy (non-hydrogen) atoms. The Kier molecular flexibility index (Phi) is 3.33. The second kappa shape index (κ2) is 4.91. The van der Waals surface area contributed by atoms with Gasteiger partial charge in [0.2, 0.25) is 0 Å². The fraction of sp³-hybridized carbons (Fsp3) is 0.400. The highest BCUT2D eigenvalue weighted by molar-refractivity contribution is 5.45. The predicted octanol–water partition coefficient (Wildman–Crippen LogP) is 0.148. The van der Waals surface area contributed by atoms with E-state index >= 15 is 0 Å². The number of fused-ring (bicyclic) bond motifs is 1. The van der Waals surface area contributed by atoms with Crippen LogP contribution in [0.5, 0.6) is 0 Å². The van der Waals surface area contributed by atoms with Crippen LogP contribution in [0.15, 0.2) is 24.5 Å². The highest BCUT2D eigenvalue weighted by atomic mass is 16.5. The molecule has 1 unspecified atom stereocenters. The van der Waals surface area contributed by atoms with Crippen molar-refractivity contribution < 1.29 is 9.84 Å². The Morgan fingerprint density at radius 1 is 1.56 bits per heavy atom. The maximum Gasteiger partial charge on any atom is 0.157 e. The van der Waals surface area contributed by atoms with Crippen LogP contribution in [0.2, 0.25) is 0 Å². The Balaban J connectivity index is 1.98. The summed E-state index contributed by atoms with van der Waals surface area (Å²) in [7, 11) is 1.56. The lowest BCUT2D eigenvalue weighted by molar-refractivity contribution is 0.0727. The molecule has 2 N–H and O–H groups in total. The molecule has 0 aliphatic rings. The van der Waals surface area contributed by atoms with Gasteiger partial charge in [0.25, 0.3) is 0 Å². The maximum absolute atomic E-state index is 9.45. The zero-order chi connectivity index (χ0) is 11.4. The molecule has 0 amide bonds. The van der Waals surface area contributed by atoms with Gasteiger partial charge >= 0.3 is 0 Å². The van der Waals surface area contributed by atoms with Crippen molar-refractivity contribution in [3.05, 3.63) is 24.5 Å². The molecule has 2 heterocycles. The van der Waals surface area contributed by atoms with E-state index in [4.69, 9.17) is 4.74 Å². The van der Waals surface area contributed by atoms with E-state index in [1.807, 2.05) is 12.3 Å². The SMILES string of the molecule is COCC(O)CNc1ccn2nccc2n1. The fourth-order valence-corrected chi connectivity index (χ4v) is 1.38. The quantitative estimate of drug-likeness (QED) is 0.753. The number of ether oxygens (including phenoxy) is 1. The summed E-state index contributed by atoms with van der Waals surface area (Å²) in [5.41, 5.74) is 0.770. The van der Waals surface area contributed by atoms with Crippen LogP contribution < -0.4 is 5.32 Å². The summed E-state index contributed by atoms with van der Waals surface area (Å²) in [6.45, 7) is 0.715. The van der Waals surface area contributed by atoms with Gasteiger partial charge in [0.1, 0.15) is 5.82 Å². The summed E-state index contributed by atoms with van der Waals surface area (Å²) in [5, 5.41) is 16.5. The number of anilines is 1. The second-order valence-electron chi connectivity index (χ2n) is 3.44. The lowest BCUT2D eigenvalue weighted by Crippen LogP contribution is -2.24. The first-order valence-electron chi connectivity index (χ1n) is 5.01. The van der Waals surface area contributed by atoms with Crippen molar-refractivity contribution in [3.8, 4) is 0 Å². The highest BCUT2D eigenvalue weighted by Gasteiger charge is 2.04. The van der Waals surface area contributed by atoms with Crippen molar-refractivity contribution in [3.63, 3.8) is 0 Å². The molecular weight excluding hydrogens is 208 g/mol. The number of aromatic nitrogens is 3. The van der Waals surface area contributed by atoms with Gasteiger partial charge in [-0.05, 0) is 6.07 Å². The van der Waals surface area contributed by atoms with Crippen LogP contribution in [0.1, 0.15) is 0 Å². The second-order valence-corrected chi connectivity index (χ2v) is 3.44. The first-order valence-corrected chi connectivity index (χ1v) is 5.01. The molecule has 2 rings (SSSR count). The first kappa shape index (κ1) is 10.8. The van der Waals surface area contributed by atoms with Gasteiger partial charge in [0.05, 0.1) is 18.9 Å². The standard InChI is InChI=1S/C10H14N4O2/c1-16-7-8(15)6-11-9-3-5-14-10(13-9)2-4-12-14/h2-5,8,15H,6-7H2,1H3,(H,11,13). The molecule has 0 spiro atoms. The third-order valence-corrected chi connectivity index (χ3v) is 2.14. The van der Waals surface area contributed by atoms with Crippen LogP contribution in [-0.2, 0) is 4.74 Å². The molecule has 0 radical (unpaired) electrons. The molecule has 0 fully saturated rings. The van der Waals surface area contributed by atoms with E-state index in [2.05, 4.69) is 15.4 Å². The smallest absolute Gasteiger partial charge is 0.157 e. The van der Waals surface area contributed by atoms with Crippen molar-refractivity contribution in [2.75, 3.05) is 25.6 Å². The summed E-state index contributed by atoms with van der Waals surface area (Å²) in [5.74, 6) is 0.711. The Morgan fingerprint density at radius 3 is 3.25 bits per heavy atom. The summed E-state index contributed by atoms with van der Waals surface area (Å²) in [4.78, 5) is 4.30. The van der Waals surface area contributed by atoms with Gasteiger partial charge in [-0.2, -0.15) is 5.10 Å². The van der Waals surface area contributed by atoms with E-state index in [0.29, 0.717) is 19.0 Å². The molecule has 0 aromatic carbocycles. The number of methoxy groups -OCH3 is 1. The zero-order valence-electron chi connectivity index (χ0n) is 9.00. The molecule has 0 saturated carbocycles. The summed E-state index contributed by atoms with van der Waals surface area (Å²) < 4.78 is 6.50. The Morgan fingerprint density at radius 2 is 2.44 bits per heavy atom. The first-order chi connectivity index (χ1) is 7.79. The molecular formula is C10H14N4O2. The molecule has 2 aromatic heterocycles. The normalized spacial score (nSPS) is 12.9. The molecule has 0 aliphatic heterocycles. The van der Waals surface area contributed by atoms with Gasteiger partial charge in [0.15, 0.2) is 5.65 Å². The predicted molar refractivity (Wildman–Crippen MR) is 59.4 cm³/mol. The minimum Gasteiger partial charge on any atom is -0.389 e. The Bertz CT molecular complexity index is 457. The molecule has 0 bridgehead atoms. The van der Waals surface area contributed by atoms with Crippen LogP contribution >= 0.6 is 0 Å². The zero-order valence-corrected chi connectivity index (χ0v) is 9.00. The van der Waals surface area contributed by atoms with Crippen LogP contribution in [0.25, 0.3) is 5.65 Å². The van der Waals surface area contributed by atoms with Crippen LogP contribution in [0, 0.1) is 0 Å². The summed E-state index contributed by atoms with van der Waals surface area (Å²) in [6, 6.07) is 3.62. The van der Waals surface area contributed by atoms with Gasteiger partial charge < -0.3 is 15.2 Å². The van der Waals surface area contributed by atoms with Gasteiger partial charge in [-0.15, -0.1) is 0 Å². The topological polar surface area (TPSA) is 71.7 Å². The maximum atomic E-state index is 9.45. The van der Waals surface area contributed by atoms with Crippen LogP contribution in [0.3, 0.4) is 0 Å². The number of rotatable bonds is 5. The van der Waals surface area contributed by atoms with Crippen molar-refractivity contribution in [2.45, 2.75) is 6.10 Å². The van der Waals surface area contributed by atoms with E-state index in [-0.39, 0.29) is 0 Å². The van der Waals surface area contributed by atoms with Crippen molar-refractivity contribution in [1.82, 2.24) is 14.6 Å². The van der Waals surface area contributed by atoms with Gasteiger partial charge in [-0.25, -0.2) is 9.50 Å². The van der Waals surface area contributed by atoms with Crippen molar-refractivity contribution >= 4 is 11.5 Å². The summed E-state index contributed by atoms with van der Waals surface area (Å²) in [6.07, 6.45) is 2.96. The van der Waals surface area contributed by atoms with Crippen LogP contribution in [0.4, 0.5) is 5.82 Å². The summed E-state index contributed by atoms with van der Waals surface area (Å²) >= 11 is 0. The number of aliphatic hydroxyl groups is 1. The molecule has 6 heteroatoms. The molecule has 86 valence electrons. The van der Waals surface area contributed by atoms with Gasteiger partial charge in [0, 0.05) is 25.9 Å². The molecule has 2 aromatic rings. The lowest BCUT2D eigenvalue weighted by Gasteiger charge is -2.10. The van der Waals surface area contributed by atoms with E-state index in [0.717, 1.165) is 5.65 Å². The number of nitrogens with one attached hydrogen (secondary N) is 1. The van der Waals surface area contributed by atoms with Crippen LogP contribution in [-0.4, -0.2) is 46.1 Å². The fourth-order valence-electron chi connectivity index (χ4n) is 1.38. The third-order valence-electron chi connectivity index (χ3n) is 2.14. The Hall–Kier alpha value is -1.66. The number of aliphatic hydroxyl groups excluding tert-OH is 1. The Labute approximate surface area is 92.9 Å². The molecule has 0 aliphatic carbocycles. The monoisotopic (exact) mass is 222 g/mol. The van der Waals surface area contributed by atoms with E-state index in [1.54, 1.807) is 23.9 Å². The third kappa shape index (κ3) is 2.47. The van der Waals surface area contributed by atoms with E-state index in [9.17, 15) is 5.11 Å². The molecule has 0 saturated heterocycles. The lowest BCUT2D eigenvalue weighted by atomic mass is 10.4. The number of hydrogen-bond donors (Lipinski definition) is 2. The highest BCUT2D eigenvalue weighted by Crippen LogP contribution is 2.05. The minimum atomic E-state index is -0.534. The van der Waals surface area contributed by atoms with Gasteiger partial charge in [-0.3, -0.25) is 0 Å². The van der Waals surface area contributed by atoms with E-state index in [1.165, 1.54) is 0 Å². The molecule has 1 atom stereocenters. The van der Waals surface area contributed by atoms with Gasteiger partial charge in [-0.1, -0.05) is 0 Å². The number of hydrogen-bond acceptors (Lipinski definition) is 5. The average Bonchev–Trinajstić information content (AvgIpc) is 2.74. The molecule has 6 nitrogen and oxygen atoms in total. The largest absolute Gasteiger partial charge is 0.389 e. The van der Waals surface area contributed by atoms with Crippen molar-refractivity contribution in [1.29, 1.82) is 0 Å². The van der Waals surface area contributed by atoms with E-state index < -0.39 is 6.10 Å².